The van der Waals surface area contributed by atoms with Gasteiger partial charge in [0, 0.05) is 53.6 Å². The van der Waals surface area contributed by atoms with Gasteiger partial charge >= 0.3 is 0 Å². The third-order valence-corrected chi connectivity index (χ3v) is 4.14. The second-order valence-corrected chi connectivity index (χ2v) is 5.94. The molecular formula is C17H16ClN5. The fourth-order valence-electron chi connectivity index (χ4n) is 2.77. The number of imidazole rings is 1. The number of hydrogen-bond donors (Lipinski definition) is 2. The highest BCUT2D eigenvalue weighted by Gasteiger charge is 2.03. The second-order valence-electron chi connectivity index (χ2n) is 5.51. The molecule has 23 heavy (non-hydrogen) atoms. The van der Waals surface area contributed by atoms with Crippen LogP contribution < -0.4 is 5.32 Å². The molecule has 0 unspecified atom stereocenters. The minimum absolute atomic E-state index is 0.717. The number of aromatic amines is 1. The molecule has 1 aromatic carbocycles. The number of nitrogens with one attached hydrogen (secondary N) is 2. The molecule has 0 aliphatic heterocycles. The van der Waals surface area contributed by atoms with Crippen LogP contribution in [-0.4, -0.2) is 26.1 Å². The van der Waals surface area contributed by atoms with E-state index in [1.165, 1.54) is 0 Å². The van der Waals surface area contributed by atoms with Crippen molar-refractivity contribution in [3.63, 3.8) is 0 Å². The smallest absolute Gasteiger partial charge is 0.0958 e. The van der Waals surface area contributed by atoms with Crippen LogP contribution in [0.3, 0.4) is 0 Å². The predicted molar refractivity (Wildman–Crippen MR) is 92.5 cm³/mol. The molecule has 0 saturated carbocycles. The standard InChI is InChI=1S/C17H16ClN5/c18-13-1-2-17-16(8-13)21-11-23(17)6-5-20-10-14-7-12-9-19-4-3-15(12)22-14/h1-4,7-9,11,20,22H,5-6,10H2. The Bertz CT molecular complexity index is 923. The van der Waals surface area contributed by atoms with Gasteiger partial charge in [0.2, 0.25) is 0 Å². The minimum Gasteiger partial charge on any atom is -0.357 e. The third kappa shape index (κ3) is 2.93. The summed E-state index contributed by atoms with van der Waals surface area (Å²) in [6, 6.07) is 9.91. The van der Waals surface area contributed by atoms with Crippen molar-refractivity contribution in [2.24, 2.45) is 0 Å². The van der Waals surface area contributed by atoms with Crippen molar-refractivity contribution >= 4 is 33.5 Å². The van der Waals surface area contributed by atoms with E-state index in [1.807, 2.05) is 36.8 Å². The summed E-state index contributed by atoms with van der Waals surface area (Å²) in [7, 11) is 0. The molecule has 3 aromatic heterocycles. The van der Waals surface area contributed by atoms with Gasteiger partial charge in [0.25, 0.3) is 0 Å². The van der Waals surface area contributed by atoms with E-state index in [2.05, 4.69) is 30.9 Å². The molecule has 6 heteroatoms. The van der Waals surface area contributed by atoms with E-state index in [-0.39, 0.29) is 0 Å². The van der Waals surface area contributed by atoms with Crippen molar-refractivity contribution in [2.75, 3.05) is 6.54 Å². The van der Waals surface area contributed by atoms with E-state index in [1.54, 1.807) is 6.20 Å². The largest absolute Gasteiger partial charge is 0.357 e. The fraction of sp³-hybridized carbons (Fsp3) is 0.176. The van der Waals surface area contributed by atoms with Gasteiger partial charge in [0.05, 0.1) is 17.4 Å². The van der Waals surface area contributed by atoms with Crippen molar-refractivity contribution < 1.29 is 0 Å². The maximum Gasteiger partial charge on any atom is 0.0958 e. The van der Waals surface area contributed by atoms with Gasteiger partial charge in [-0.25, -0.2) is 4.98 Å². The zero-order valence-corrected chi connectivity index (χ0v) is 13.2. The molecule has 2 N–H and O–H groups in total. The molecule has 0 fully saturated rings. The molecule has 0 spiro atoms. The molecule has 0 radical (unpaired) electrons. The Morgan fingerprint density at radius 2 is 2.17 bits per heavy atom. The summed E-state index contributed by atoms with van der Waals surface area (Å²) in [5.74, 6) is 0. The first-order valence-electron chi connectivity index (χ1n) is 7.52. The first-order valence-corrected chi connectivity index (χ1v) is 7.90. The highest BCUT2D eigenvalue weighted by Crippen LogP contribution is 2.18. The minimum atomic E-state index is 0.717. The molecule has 5 nitrogen and oxygen atoms in total. The Kier molecular flexibility index (Phi) is 3.73. The third-order valence-electron chi connectivity index (χ3n) is 3.90. The Labute approximate surface area is 138 Å². The van der Waals surface area contributed by atoms with E-state index in [4.69, 9.17) is 11.6 Å². The van der Waals surface area contributed by atoms with Crippen LogP contribution in [0.1, 0.15) is 5.69 Å². The Morgan fingerprint density at radius 3 is 3.09 bits per heavy atom. The summed E-state index contributed by atoms with van der Waals surface area (Å²) in [5.41, 5.74) is 4.32. The van der Waals surface area contributed by atoms with Gasteiger partial charge in [-0.3, -0.25) is 4.98 Å². The molecule has 0 amide bonds. The first kappa shape index (κ1) is 14.2. The molecular weight excluding hydrogens is 310 g/mol. The lowest BCUT2D eigenvalue weighted by molar-refractivity contribution is 0.602. The van der Waals surface area contributed by atoms with Gasteiger partial charge in [0.15, 0.2) is 0 Å². The van der Waals surface area contributed by atoms with Gasteiger partial charge in [-0.05, 0) is 30.3 Å². The number of benzene rings is 1. The van der Waals surface area contributed by atoms with Crippen LogP contribution in [0, 0.1) is 0 Å². The molecule has 3 heterocycles. The Balaban J connectivity index is 1.37. The molecule has 116 valence electrons. The summed E-state index contributed by atoms with van der Waals surface area (Å²) in [4.78, 5) is 11.9. The normalized spacial score (nSPS) is 11.5. The first-order chi connectivity index (χ1) is 11.3. The Morgan fingerprint density at radius 1 is 1.22 bits per heavy atom. The molecule has 4 aromatic rings. The van der Waals surface area contributed by atoms with Gasteiger partial charge in [0.1, 0.15) is 0 Å². The van der Waals surface area contributed by atoms with Crippen molar-refractivity contribution in [1.82, 2.24) is 24.8 Å². The molecule has 0 bridgehead atoms. The SMILES string of the molecule is Clc1ccc2c(c1)ncn2CCNCc1cc2cnccc2[nH]1. The Hall–Kier alpha value is -2.37. The molecule has 0 atom stereocenters. The van der Waals surface area contributed by atoms with Crippen molar-refractivity contribution in [1.29, 1.82) is 0 Å². The van der Waals surface area contributed by atoms with Crippen LogP contribution in [0.25, 0.3) is 21.9 Å². The van der Waals surface area contributed by atoms with Crippen LogP contribution in [0.4, 0.5) is 0 Å². The topological polar surface area (TPSA) is 58.5 Å². The predicted octanol–water partition coefficient (Wildman–Crippen LogP) is 3.36. The van der Waals surface area contributed by atoms with Crippen LogP contribution in [-0.2, 0) is 13.1 Å². The zero-order chi connectivity index (χ0) is 15.6. The lowest BCUT2D eigenvalue weighted by Crippen LogP contribution is -2.19. The number of aromatic nitrogens is 4. The maximum atomic E-state index is 5.99. The molecule has 0 aliphatic rings. The molecule has 0 saturated heterocycles. The summed E-state index contributed by atoms with van der Waals surface area (Å²) in [6.45, 7) is 2.52. The van der Waals surface area contributed by atoms with E-state index in [9.17, 15) is 0 Å². The van der Waals surface area contributed by atoms with Crippen LogP contribution in [0.15, 0.2) is 49.1 Å². The monoisotopic (exact) mass is 325 g/mol. The summed E-state index contributed by atoms with van der Waals surface area (Å²) in [6.07, 6.45) is 5.53. The van der Waals surface area contributed by atoms with Crippen LogP contribution in [0.2, 0.25) is 5.02 Å². The number of pyridine rings is 1. The highest BCUT2D eigenvalue weighted by molar-refractivity contribution is 6.31. The number of hydrogen-bond acceptors (Lipinski definition) is 3. The summed E-state index contributed by atoms with van der Waals surface area (Å²) in [5, 5.41) is 5.31. The van der Waals surface area contributed by atoms with Crippen molar-refractivity contribution in [3.8, 4) is 0 Å². The number of halogens is 1. The lowest BCUT2D eigenvalue weighted by Gasteiger charge is -2.06. The average molecular weight is 326 g/mol. The lowest BCUT2D eigenvalue weighted by atomic mass is 10.3. The second kappa shape index (κ2) is 6.02. The van der Waals surface area contributed by atoms with Gasteiger partial charge in [-0.15, -0.1) is 0 Å². The highest BCUT2D eigenvalue weighted by atomic mass is 35.5. The van der Waals surface area contributed by atoms with E-state index in [0.29, 0.717) is 5.02 Å². The fourth-order valence-corrected chi connectivity index (χ4v) is 2.93. The zero-order valence-electron chi connectivity index (χ0n) is 12.5. The maximum absolute atomic E-state index is 5.99. The van der Waals surface area contributed by atoms with E-state index in [0.717, 1.165) is 47.3 Å². The number of fused-ring (bicyclic) bond motifs is 2. The average Bonchev–Trinajstić information content (AvgIpc) is 3.14. The summed E-state index contributed by atoms with van der Waals surface area (Å²) >= 11 is 5.99. The van der Waals surface area contributed by atoms with E-state index < -0.39 is 0 Å². The summed E-state index contributed by atoms with van der Waals surface area (Å²) < 4.78 is 2.13. The van der Waals surface area contributed by atoms with Crippen LogP contribution in [0.5, 0.6) is 0 Å². The number of H-pyrrole nitrogens is 1. The number of nitrogens with zero attached hydrogens (tertiary/aromatic N) is 3. The number of rotatable bonds is 5. The van der Waals surface area contributed by atoms with Gasteiger partial charge in [-0.1, -0.05) is 11.6 Å². The van der Waals surface area contributed by atoms with Gasteiger partial charge in [-0.2, -0.15) is 0 Å². The van der Waals surface area contributed by atoms with Crippen molar-refractivity contribution in [2.45, 2.75) is 13.1 Å². The molecule has 0 aliphatic carbocycles. The molecule has 4 rings (SSSR count). The van der Waals surface area contributed by atoms with Crippen LogP contribution >= 0.6 is 11.6 Å². The van der Waals surface area contributed by atoms with Crippen molar-refractivity contribution in [3.05, 3.63) is 59.8 Å². The van der Waals surface area contributed by atoms with E-state index >= 15 is 0 Å². The van der Waals surface area contributed by atoms with Gasteiger partial charge < -0.3 is 14.9 Å². The quantitative estimate of drug-likeness (QED) is 0.553.